The third-order valence-corrected chi connectivity index (χ3v) is 2.83. The number of halogens is 2. The van der Waals surface area contributed by atoms with Crippen LogP contribution in [0.15, 0.2) is 54.6 Å². The Balaban J connectivity index is 2.47. The molecule has 0 aliphatic heterocycles. The molecule has 2 aromatic carbocycles. The molecular formula is C16H12F2O. The summed E-state index contributed by atoms with van der Waals surface area (Å²) in [6, 6.07) is 13.8. The zero-order valence-electron chi connectivity index (χ0n) is 10.4. The molecule has 0 saturated carbocycles. The Morgan fingerprint density at radius 3 is 2.21 bits per heavy atom. The van der Waals surface area contributed by atoms with Gasteiger partial charge in [-0.3, -0.25) is 4.79 Å². The van der Waals surface area contributed by atoms with E-state index < -0.39 is 6.08 Å². The fraction of sp³-hybridized carbons (Fsp3) is 0.0625. The van der Waals surface area contributed by atoms with Gasteiger partial charge in [0, 0.05) is 11.6 Å². The molecule has 1 nitrogen and oxygen atoms in total. The number of hydrogen-bond donors (Lipinski definition) is 0. The lowest BCUT2D eigenvalue weighted by Crippen LogP contribution is -1.91. The van der Waals surface area contributed by atoms with E-state index in [9.17, 15) is 13.6 Å². The third-order valence-electron chi connectivity index (χ3n) is 2.83. The summed E-state index contributed by atoms with van der Waals surface area (Å²) in [4.78, 5) is 11.2. The van der Waals surface area contributed by atoms with Crippen molar-refractivity contribution in [1.29, 1.82) is 0 Å². The van der Waals surface area contributed by atoms with Crippen LogP contribution in [0, 0.1) is 0 Å². The van der Waals surface area contributed by atoms with Crippen LogP contribution in [0.25, 0.3) is 17.2 Å². The Labute approximate surface area is 110 Å². The summed E-state index contributed by atoms with van der Waals surface area (Å²) in [5.41, 5.74) is 2.58. The van der Waals surface area contributed by atoms with E-state index in [1.165, 1.54) is 6.92 Å². The van der Waals surface area contributed by atoms with Gasteiger partial charge in [0.25, 0.3) is 6.08 Å². The third kappa shape index (κ3) is 3.13. The molecule has 0 saturated heterocycles. The molecule has 0 N–H and O–H groups in total. The van der Waals surface area contributed by atoms with Gasteiger partial charge in [0.1, 0.15) is 0 Å². The van der Waals surface area contributed by atoms with Crippen LogP contribution in [0.2, 0.25) is 0 Å². The Morgan fingerprint density at radius 1 is 1.00 bits per heavy atom. The molecule has 0 fully saturated rings. The second-order valence-electron chi connectivity index (χ2n) is 4.15. The van der Waals surface area contributed by atoms with Crippen molar-refractivity contribution in [2.75, 3.05) is 0 Å². The molecule has 0 aromatic heterocycles. The predicted molar refractivity (Wildman–Crippen MR) is 72.1 cm³/mol. The second-order valence-corrected chi connectivity index (χ2v) is 4.15. The first-order valence-corrected chi connectivity index (χ1v) is 5.81. The van der Waals surface area contributed by atoms with Gasteiger partial charge in [-0.25, -0.2) is 0 Å². The van der Waals surface area contributed by atoms with Crippen molar-refractivity contribution in [1.82, 2.24) is 0 Å². The van der Waals surface area contributed by atoms with Crippen LogP contribution in [0.5, 0.6) is 0 Å². The van der Waals surface area contributed by atoms with Crippen LogP contribution in [-0.4, -0.2) is 5.78 Å². The Hall–Kier alpha value is -2.29. The van der Waals surface area contributed by atoms with Crippen molar-refractivity contribution in [3.63, 3.8) is 0 Å². The molecule has 0 amide bonds. The summed E-state index contributed by atoms with van der Waals surface area (Å²) in [6.45, 7) is 1.49. The zero-order chi connectivity index (χ0) is 13.8. The summed E-state index contributed by atoms with van der Waals surface area (Å²) in [5.74, 6) is -0.0190. The van der Waals surface area contributed by atoms with Gasteiger partial charge in [-0.15, -0.1) is 0 Å². The molecule has 19 heavy (non-hydrogen) atoms. The van der Waals surface area contributed by atoms with Crippen molar-refractivity contribution < 1.29 is 13.6 Å². The Morgan fingerprint density at radius 2 is 1.63 bits per heavy atom. The summed E-state index contributed by atoms with van der Waals surface area (Å²) < 4.78 is 24.8. The lowest BCUT2D eigenvalue weighted by Gasteiger charge is -2.06. The maximum atomic E-state index is 12.4. The van der Waals surface area contributed by atoms with Gasteiger partial charge >= 0.3 is 0 Å². The molecule has 3 heteroatoms. The molecular weight excluding hydrogens is 245 g/mol. The second kappa shape index (κ2) is 5.57. The lowest BCUT2D eigenvalue weighted by atomic mass is 9.98. The topological polar surface area (TPSA) is 17.1 Å². The van der Waals surface area contributed by atoms with E-state index in [4.69, 9.17) is 0 Å². The maximum Gasteiger partial charge on any atom is 0.270 e. The molecule has 0 aliphatic rings. The van der Waals surface area contributed by atoms with E-state index in [0.29, 0.717) is 16.7 Å². The van der Waals surface area contributed by atoms with Gasteiger partial charge in [-0.05, 0) is 23.6 Å². The van der Waals surface area contributed by atoms with Crippen LogP contribution in [-0.2, 0) is 0 Å². The maximum absolute atomic E-state index is 12.4. The van der Waals surface area contributed by atoms with E-state index in [-0.39, 0.29) is 5.78 Å². The number of carbonyl (C=O) groups is 1. The number of carbonyl (C=O) groups excluding carboxylic acids is 1. The predicted octanol–water partition coefficient (Wildman–Crippen LogP) is 4.79. The minimum Gasteiger partial charge on any atom is -0.295 e. The van der Waals surface area contributed by atoms with Crippen molar-refractivity contribution in [2.45, 2.75) is 6.92 Å². The van der Waals surface area contributed by atoms with Crippen molar-refractivity contribution in [2.24, 2.45) is 0 Å². The summed E-state index contributed by atoms with van der Waals surface area (Å²) in [6.07, 6.45) is -0.887. The van der Waals surface area contributed by atoms with Crippen molar-refractivity contribution in [3.05, 3.63) is 65.7 Å². The van der Waals surface area contributed by atoms with E-state index in [0.717, 1.165) is 11.6 Å². The number of ketones is 1. The molecule has 96 valence electrons. The standard InChI is InChI=1S/C16H12F2O/c1-11(19)12-6-8-13(9-7-12)15-5-3-2-4-14(15)10-16(17)18/h2-10H,1H3/i17-1/b16-10-. The highest BCUT2D eigenvalue weighted by Gasteiger charge is 2.05. The normalized spacial score (nSPS) is 11.4. The first-order valence-electron chi connectivity index (χ1n) is 5.81. The van der Waals surface area contributed by atoms with Crippen LogP contribution in [0.1, 0.15) is 22.8 Å². The van der Waals surface area contributed by atoms with E-state index in [1.807, 2.05) is 0 Å². The number of rotatable bonds is 3. The van der Waals surface area contributed by atoms with E-state index >= 15 is 0 Å². The molecule has 0 unspecified atom stereocenters. The van der Waals surface area contributed by atoms with Crippen LogP contribution >= 0.6 is 0 Å². The molecule has 0 aliphatic carbocycles. The van der Waals surface area contributed by atoms with Crippen LogP contribution < -0.4 is 0 Å². The fourth-order valence-electron chi connectivity index (χ4n) is 1.89. The van der Waals surface area contributed by atoms with Gasteiger partial charge in [-0.2, -0.15) is 8.78 Å². The minimum atomic E-state index is -1.73. The van der Waals surface area contributed by atoms with Crippen molar-refractivity contribution in [3.8, 4) is 11.1 Å². The highest BCUT2D eigenvalue weighted by molar-refractivity contribution is 5.94. The largest absolute Gasteiger partial charge is 0.295 e. The van der Waals surface area contributed by atoms with E-state index in [2.05, 4.69) is 0 Å². The summed E-state index contributed by atoms with van der Waals surface area (Å²) in [5, 5.41) is 0. The molecule has 0 radical (unpaired) electrons. The summed E-state index contributed by atoms with van der Waals surface area (Å²) in [7, 11) is 0. The Kier molecular flexibility index (Phi) is 3.85. The smallest absolute Gasteiger partial charge is 0.270 e. The first kappa shape index (κ1) is 13.1. The molecule has 0 spiro atoms. The zero-order valence-corrected chi connectivity index (χ0v) is 10.4. The molecule has 0 heterocycles. The fourth-order valence-corrected chi connectivity index (χ4v) is 1.89. The molecule has 2 rings (SSSR count). The number of Topliss-reactive ketones (excluding diaryl/α,β-unsaturated/α-hetero) is 1. The van der Waals surface area contributed by atoms with Gasteiger partial charge in [0.15, 0.2) is 5.78 Å². The SMILES string of the molecule is CC(=O)c1ccc(-c2ccccc2/C=C(\F)[18F])cc1. The van der Waals surface area contributed by atoms with Crippen LogP contribution in [0.3, 0.4) is 0 Å². The highest BCUT2D eigenvalue weighted by atomic mass is 19.2. The average molecular weight is 257 g/mol. The number of hydrogen-bond acceptors (Lipinski definition) is 1. The monoisotopic (exact) mass is 257 g/mol. The highest BCUT2D eigenvalue weighted by Crippen LogP contribution is 2.26. The molecule has 0 bridgehead atoms. The van der Waals surface area contributed by atoms with Gasteiger partial charge in [0.05, 0.1) is 0 Å². The Bertz CT molecular complexity index is 623. The van der Waals surface area contributed by atoms with E-state index in [1.54, 1.807) is 48.5 Å². The summed E-state index contributed by atoms with van der Waals surface area (Å²) >= 11 is 0. The van der Waals surface area contributed by atoms with Gasteiger partial charge < -0.3 is 0 Å². The van der Waals surface area contributed by atoms with Crippen LogP contribution in [0.4, 0.5) is 8.78 Å². The quantitative estimate of drug-likeness (QED) is 0.722. The van der Waals surface area contributed by atoms with Gasteiger partial charge in [0.2, 0.25) is 0 Å². The lowest BCUT2D eigenvalue weighted by molar-refractivity contribution is 0.101. The van der Waals surface area contributed by atoms with Gasteiger partial charge in [-0.1, -0.05) is 48.5 Å². The molecule has 2 aromatic rings. The average Bonchev–Trinajstić information content (AvgIpc) is 2.39. The first-order chi connectivity index (χ1) is 9.08. The molecule has 0 atom stereocenters. The minimum absolute atomic E-state index is 0.0190. The van der Waals surface area contributed by atoms with Crippen molar-refractivity contribution >= 4 is 11.9 Å². The number of benzene rings is 2.